The van der Waals surface area contributed by atoms with Crippen LogP contribution in [0, 0.1) is 10.1 Å². The highest BCUT2D eigenvalue weighted by molar-refractivity contribution is 7.99. The van der Waals surface area contributed by atoms with E-state index >= 15 is 0 Å². The SMILES string of the molecule is COC(=O)c1ccccc1Sc1ccc(Cl)cc1[N+](=O)[O-]. The van der Waals surface area contributed by atoms with E-state index in [4.69, 9.17) is 16.3 Å². The van der Waals surface area contributed by atoms with Gasteiger partial charge in [-0.25, -0.2) is 4.79 Å². The van der Waals surface area contributed by atoms with Gasteiger partial charge in [-0.05, 0) is 24.3 Å². The minimum Gasteiger partial charge on any atom is -0.465 e. The lowest BCUT2D eigenvalue weighted by Crippen LogP contribution is -2.02. The van der Waals surface area contributed by atoms with Crippen LogP contribution in [0.5, 0.6) is 0 Å². The van der Waals surface area contributed by atoms with Gasteiger partial charge in [-0.3, -0.25) is 10.1 Å². The van der Waals surface area contributed by atoms with Gasteiger partial charge in [0.25, 0.3) is 5.69 Å². The van der Waals surface area contributed by atoms with E-state index in [2.05, 4.69) is 0 Å². The van der Waals surface area contributed by atoms with Crippen molar-refractivity contribution in [3.05, 3.63) is 63.2 Å². The van der Waals surface area contributed by atoms with Crippen LogP contribution in [0.25, 0.3) is 0 Å². The van der Waals surface area contributed by atoms with Crippen LogP contribution in [0.15, 0.2) is 52.3 Å². The summed E-state index contributed by atoms with van der Waals surface area (Å²) in [6.45, 7) is 0. The van der Waals surface area contributed by atoms with E-state index in [9.17, 15) is 14.9 Å². The second kappa shape index (κ2) is 6.60. The Hall–Kier alpha value is -2.05. The van der Waals surface area contributed by atoms with Crippen molar-refractivity contribution in [2.75, 3.05) is 7.11 Å². The fourth-order valence-corrected chi connectivity index (χ4v) is 2.86. The van der Waals surface area contributed by atoms with Crippen molar-refractivity contribution in [2.45, 2.75) is 9.79 Å². The number of nitro benzene ring substituents is 1. The second-order valence-corrected chi connectivity index (χ2v) is 5.48. The lowest BCUT2D eigenvalue weighted by atomic mass is 10.2. The molecule has 0 aliphatic heterocycles. The molecular formula is C14H10ClNO4S. The summed E-state index contributed by atoms with van der Waals surface area (Å²) in [6.07, 6.45) is 0. The molecule has 0 unspecified atom stereocenters. The Kier molecular flexibility index (Phi) is 4.82. The number of methoxy groups -OCH3 is 1. The predicted octanol–water partition coefficient (Wildman–Crippen LogP) is 4.19. The van der Waals surface area contributed by atoms with Gasteiger partial charge in [0.05, 0.1) is 22.5 Å². The van der Waals surface area contributed by atoms with Crippen LogP contribution < -0.4 is 0 Å². The average Bonchev–Trinajstić information content (AvgIpc) is 2.48. The number of nitrogens with zero attached hydrogens (tertiary/aromatic N) is 1. The average molecular weight is 324 g/mol. The number of hydrogen-bond acceptors (Lipinski definition) is 5. The largest absolute Gasteiger partial charge is 0.465 e. The molecule has 0 amide bonds. The van der Waals surface area contributed by atoms with Crippen LogP contribution in [-0.2, 0) is 4.74 Å². The van der Waals surface area contributed by atoms with Crippen LogP contribution in [0.1, 0.15) is 10.4 Å². The Morgan fingerprint density at radius 2 is 1.95 bits per heavy atom. The minimum atomic E-state index is -0.505. The van der Waals surface area contributed by atoms with Crippen molar-refractivity contribution >= 4 is 35.0 Å². The number of halogens is 1. The third-order valence-corrected chi connectivity index (χ3v) is 4.01. The first-order valence-corrected chi connectivity index (χ1v) is 7.01. The Morgan fingerprint density at radius 1 is 1.24 bits per heavy atom. The van der Waals surface area contributed by atoms with E-state index in [1.165, 1.54) is 13.2 Å². The van der Waals surface area contributed by atoms with Gasteiger partial charge >= 0.3 is 5.97 Å². The molecule has 0 saturated heterocycles. The van der Waals surface area contributed by atoms with Crippen molar-refractivity contribution in [3.63, 3.8) is 0 Å². The number of ether oxygens (including phenoxy) is 1. The molecule has 108 valence electrons. The number of benzene rings is 2. The topological polar surface area (TPSA) is 69.4 Å². The minimum absolute atomic E-state index is 0.104. The molecule has 7 heteroatoms. The molecule has 0 fully saturated rings. The van der Waals surface area contributed by atoms with Crippen LogP contribution in [-0.4, -0.2) is 18.0 Å². The standard InChI is InChI=1S/C14H10ClNO4S/c1-20-14(17)10-4-2-3-5-12(10)21-13-7-6-9(15)8-11(13)16(18)19/h2-8H,1H3. The van der Waals surface area contributed by atoms with Crippen molar-refractivity contribution in [2.24, 2.45) is 0 Å². The highest BCUT2D eigenvalue weighted by Crippen LogP contribution is 2.37. The highest BCUT2D eigenvalue weighted by Gasteiger charge is 2.18. The molecule has 0 bridgehead atoms. The molecule has 0 N–H and O–H groups in total. The maximum Gasteiger partial charge on any atom is 0.339 e. The van der Waals surface area contributed by atoms with Crippen LogP contribution >= 0.6 is 23.4 Å². The molecule has 0 atom stereocenters. The van der Waals surface area contributed by atoms with E-state index in [1.807, 2.05) is 0 Å². The first kappa shape index (κ1) is 15.3. The zero-order valence-corrected chi connectivity index (χ0v) is 12.5. The number of hydrogen-bond donors (Lipinski definition) is 0. The smallest absolute Gasteiger partial charge is 0.339 e. The Bertz CT molecular complexity index is 705. The fourth-order valence-electron chi connectivity index (χ4n) is 1.67. The van der Waals surface area contributed by atoms with Crippen LogP contribution in [0.3, 0.4) is 0 Å². The zero-order chi connectivity index (χ0) is 15.4. The van der Waals surface area contributed by atoms with Gasteiger partial charge in [0.15, 0.2) is 0 Å². The van der Waals surface area contributed by atoms with Crippen LogP contribution in [0.4, 0.5) is 5.69 Å². The molecular weight excluding hydrogens is 314 g/mol. The van der Waals surface area contributed by atoms with Gasteiger partial charge < -0.3 is 4.74 Å². The van der Waals surface area contributed by atoms with E-state index in [0.29, 0.717) is 15.4 Å². The molecule has 21 heavy (non-hydrogen) atoms. The molecule has 0 heterocycles. The van der Waals surface area contributed by atoms with E-state index in [-0.39, 0.29) is 10.7 Å². The third kappa shape index (κ3) is 3.53. The fraction of sp³-hybridized carbons (Fsp3) is 0.0714. The van der Waals surface area contributed by atoms with Crippen molar-refractivity contribution in [3.8, 4) is 0 Å². The van der Waals surface area contributed by atoms with Gasteiger partial charge in [0.1, 0.15) is 0 Å². The summed E-state index contributed by atoms with van der Waals surface area (Å²) in [5.74, 6) is -0.491. The quantitative estimate of drug-likeness (QED) is 0.479. The number of carbonyl (C=O) groups is 1. The Labute approximate surface area is 130 Å². The van der Waals surface area contributed by atoms with Gasteiger partial charge in [-0.1, -0.05) is 35.5 Å². The maximum atomic E-state index is 11.7. The molecule has 0 spiro atoms. The molecule has 5 nitrogen and oxygen atoms in total. The van der Waals surface area contributed by atoms with Gasteiger partial charge in [-0.15, -0.1) is 0 Å². The summed E-state index contributed by atoms with van der Waals surface area (Å²) in [5, 5.41) is 11.4. The molecule has 0 aliphatic carbocycles. The lowest BCUT2D eigenvalue weighted by Gasteiger charge is -2.07. The van der Waals surface area contributed by atoms with Crippen LogP contribution in [0.2, 0.25) is 5.02 Å². The normalized spacial score (nSPS) is 10.2. The van der Waals surface area contributed by atoms with Gasteiger partial charge in [0, 0.05) is 16.0 Å². The summed E-state index contributed by atoms with van der Waals surface area (Å²) in [6, 6.07) is 11.2. The predicted molar refractivity (Wildman–Crippen MR) is 80.0 cm³/mol. The molecule has 2 aromatic carbocycles. The monoisotopic (exact) mass is 323 g/mol. The molecule has 2 aromatic rings. The number of nitro groups is 1. The van der Waals surface area contributed by atoms with Gasteiger partial charge in [-0.2, -0.15) is 0 Å². The second-order valence-electron chi connectivity index (χ2n) is 3.96. The van der Waals surface area contributed by atoms with E-state index in [0.717, 1.165) is 11.8 Å². The Morgan fingerprint density at radius 3 is 2.62 bits per heavy atom. The molecule has 0 aliphatic rings. The van der Waals surface area contributed by atoms with E-state index < -0.39 is 10.9 Å². The Balaban J connectivity index is 2.44. The summed E-state index contributed by atoms with van der Waals surface area (Å²) in [4.78, 5) is 23.3. The van der Waals surface area contributed by atoms with Crippen molar-refractivity contribution < 1.29 is 14.5 Å². The first-order chi connectivity index (χ1) is 10.0. The number of rotatable bonds is 4. The van der Waals surface area contributed by atoms with Crippen molar-refractivity contribution in [1.29, 1.82) is 0 Å². The highest BCUT2D eigenvalue weighted by atomic mass is 35.5. The zero-order valence-electron chi connectivity index (χ0n) is 10.9. The van der Waals surface area contributed by atoms with E-state index in [1.54, 1.807) is 36.4 Å². The summed E-state index contributed by atoms with van der Waals surface area (Å²) in [5.41, 5.74) is 0.251. The first-order valence-electron chi connectivity index (χ1n) is 5.82. The summed E-state index contributed by atoms with van der Waals surface area (Å²) >= 11 is 6.90. The lowest BCUT2D eigenvalue weighted by molar-refractivity contribution is -0.387. The molecule has 2 rings (SSSR count). The summed E-state index contributed by atoms with van der Waals surface area (Å²) in [7, 11) is 1.29. The molecule has 0 saturated carbocycles. The molecule has 0 radical (unpaired) electrons. The maximum absolute atomic E-state index is 11.7. The molecule has 0 aromatic heterocycles. The number of carbonyl (C=O) groups excluding carboxylic acids is 1. The van der Waals surface area contributed by atoms with Gasteiger partial charge in [0.2, 0.25) is 0 Å². The summed E-state index contributed by atoms with van der Waals surface area (Å²) < 4.78 is 4.70. The third-order valence-electron chi connectivity index (χ3n) is 2.63. The van der Waals surface area contributed by atoms with Crippen molar-refractivity contribution in [1.82, 2.24) is 0 Å². The number of esters is 1.